The van der Waals surface area contributed by atoms with Gasteiger partial charge in [0, 0.05) is 6.42 Å². The number of anilines is 1. The lowest BCUT2D eigenvalue weighted by Gasteiger charge is -2.13. The third kappa shape index (κ3) is 3.37. The molecular weight excluding hydrogens is 367 g/mol. The summed E-state index contributed by atoms with van der Waals surface area (Å²) in [6.07, 6.45) is 1.76. The molecule has 0 unspecified atom stereocenters. The lowest BCUT2D eigenvalue weighted by molar-refractivity contribution is 0.451. The molecule has 0 aliphatic carbocycles. The fourth-order valence-electron chi connectivity index (χ4n) is 1.75. The molecule has 0 atom stereocenters. The first-order valence-electron chi connectivity index (χ1n) is 6.42. The molecule has 3 N–H and O–H groups in total. The zero-order chi connectivity index (χ0) is 14.5. The van der Waals surface area contributed by atoms with Crippen molar-refractivity contribution in [3.8, 4) is 11.6 Å². The third-order valence-electron chi connectivity index (χ3n) is 2.80. The number of nitrogens with one attached hydrogen (secondary N) is 1. The first-order valence-corrected chi connectivity index (χ1v) is 7.50. The van der Waals surface area contributed by atoms with E-state index >= 15 is 0 Å². The van der Waals surface area contributed by atoms with Gasteiger partial charge in [-0.1, -0.05) is 19.1 Å². The molecule has 0 saturated heterocycles. The summed E-state index contributed by atoms with van der Waals surface area (Å²) < 4.78 is 6.95. The molecule has 0 aliphatic rings. The van der Waals surface area contributed by atoms with Crippen molar-refractivity contribution in [3.05, 3.63) is 39.2 Å². The van der Waals surface area contributed by atoms with Gasteiger partial charge in [0.15, 0.2) is 0 Å². The van der Waals surface area contributed by atoms with Crippen LogP contribution in [0.5, 0.6) is 11.6 Å². The van der Waals surface area contributed by atoms with Gasteiger partial charge in [0.1, 0.15) is 17.4 Å². The maximum absolute atomic E-state index is 5.92. The van der Waals surface area contributed by atoms with Crippen LogP contribution in [-0.4, -0.2) is 9.97 Å². The van der Waals surface area contributed by atoms with Gasteiger partial charge in [0.05, 0.1) is 9.13 Å². The molecule has 2 rings (SSSR count). The van der Waals surface area contributed by atoms with E-state index in [-0.39, 0.29) is 0 Å². The molecule has 5 nitrogen and oxygen atoms in total. The number of halogens is 1. The summed E-state index contributed by atoms with van der Waals surface area (Å²) in [5, 5.41) is 0. The second-order valence-corrected chi connectivity index (χ2v) is 5.51. The Hall–Kier alpha value is -1.41. The van der Waals surface area contributed by atoms with E-state index < -0.39 is 0 Å². The van der Waals surface area contributed by atoms with Crippen molar-refractivity contribution < 1.29 is 4.74 Å². The lowest BCUT2D eigenvalue weighted by atomic mass is 10.3. The highest BCUT2D eigenvalue weighted by atomic mass is 127. The van der Waals surface area contributed by atoms with E-state index in [0.717, 1.165) is 33.5 Å². The highest BCUT2D eigenvalue weighted by Crippen LogP contribution is 2.29. The van der Waals surface area contributed by atoms with Gasteiger partial charge in [-0.2, -0.15) is 4.98 Å². The minimum absolute atomic E-state index is 0.542. The molecule has 0 amide bonds. The fourth-order valence-corrected chi connectivity index (χ4v) is 2.24. The molecule has 2 aromatic rings. The van der Waals surface area contributed by atoms with Gasteiger partial charge in [-0.15, -0.1) is 0 Å². The maximum Gasteiger partial charge on any atom is 0.227 e. The van der Waals surface area contributed by atoms with E-state index in [2.05, 4.69) is 44.9 Å². The predicted molar refractivity (Wildman–Crippen MR) is 87.8 cm³/mol. The van der Waals surface area contributed by atoms with Crippen molar-refractivity contribution in [1.82, 2.24) is 9.97 Å². The Morgan fingerprint density at radius 3 is 2.70 bits per heavy atom. The number of aromatic nitrogens is 2. The van der Waals surface area contributed by atoms with Gasteiger partial charge in [0.2, 0.25) is 5.88 Å². The van der Waals surface area contributed by atoms with Crippen LogP contribution in [-0.2, 0) is 6.42 Å². The first-order chi connectivity index (χ1) is 9.65. The van der Waals surface area contributed by atoms with Crippen LogP contribution in [0, 0.1) is 10.5 Å². The molecule has 0 spiro atoms. The Labute approximate surface area is 132 Å². The molecule has 1 aromatic heterocycles. The van der Waals surface area contributed by atoms with Crippen molar-refractivity contribution >= 4 is 28.4 Å². The number of aryl methyl sites for hydroxylation is 1. The maximum atomic E-state index is 5.92. The first kappa shape index (κ1) is 15.0. The number of nitrogen functional groups attached to an aromatic ring is 1. The number of nitrogens with two attached hydrogens (primary N) is 1. The van der Waals surface area contributed by atoms with Crippen LogP contribution in [0.25, 0.3) is 0 Å². The summed E-state index contributed by atoms with van der Waals surface area (Å²) in [6, 6.07) is 7.81. The second-order valence-electron chi connectivity index (χ2n) is 4.35. The molecule has 0 aliphatic heterocycles. The fraction of sp³-hybridized carbons (Fsp3) is 0.286. The zero-order valence-corrected chi connectivity index (χ0v) is 13.6. The lowest BCUT2D eigenvalue weighted by Crippen LogP contribution is -2.13. The third-order valence-corrected chi connectivity index (χ3v) is 3.69. The van der Waals surface area contributed by atoms with Crippen molar-refractivity contribution in [2.45, 2.75) is 26.7 Å². The van der Waals surface area contributed by atoms with E-state index in [4.69, 9.17) is 10.6 Å². The molecule has 106 valence electrons. The highest BCUT2D eigenvalue weighted by molar-refractivity contribution is 14.1. The number of benzene rings is 1. The van der Waals surface area contributed by atoms with Crippen LogP contribution < -0.4 is 16.0 Å². The summed E-state index contributed by atoms with van der Waals surface area (Å²) in [7, 11) is 0. The minimum atomic E-state index is 0.542. The average molecular weight is 384 g/mol. The molecule has 0 fully saturated rings. The van der Waals surface area contributed by atoms with Gasteiger partial charge in [-0.3, -0.25) is 0 Å². The van der Waals surface area contributed by atoms with Gasteiger partial charge in [-0.05, 0) is 48.1 Å². The Balaban J connectivity index is 2.39. The second kappa shape index (κ2) is 6.85. The number of ether oxygens (including phenoxy) is 1. The van der Waals surface area contributed by atoms with Crippen LogP contribution in [0.1, 0.15) is 24.7 Å². The zero-order valence-electron chi connectivity index (χ0n) is 11.5. The molecule has 0 radical (unpaired) electrons. The van der Waals surface area contributed by atoms with Crippen LogP contribution in [0.15, 0.2) is 24.3 Å². The number of hydrazine groups is 1. The minimum Gasteiger partial charge on any atom is -0.437 e. The molecule has 0 bridgehead atoms. The number of hydrogen-bond acceptors (Lipinski definition) is 5. The van der Waals surface area contributed by atoms with E-state index in [1.165, 1.54) is 0 Å². The molecular formula is C14H17IN4O. The Kier molecular flexibility index (Phi) is 5.13. The Bertz CT molecular complexity index is 604. The normalized spacial score (nSPS) is 10.4. The molecule has 1 heterocycles. The predicted octanol–water partition coefficient (Wildman–Crippen LogP) is 3.42. The van der Waals surface area contributed by atoms with E-state index in [1.54, 1.807) is 0 Å². The smallest absolute Gasteiger partial charge is 0.227 e. The summed E-state index contributed by atoms with van der Waals surface area (Å²) in [4.78, 5) is 8.85. The number of para-hydroxylation sites is 1. The van der Waals surface area contributed by atoms with Crippen molar-refractivity contribution in [2.75, 3.05) is 5.43 Å². The van der Waals surface area contributed by atoms with Crippen LogP contribution in [0.4, 0.5) is 5.82 Å². The monoisotopic (exact) mass is 384 g/mol. The van der Waals surface area contributed by atoms with Crippen molar-refractivity contribution in [3.63, 3.8) is 0 Å². The van der Waals surface area contributed by atoms with Crippen molar-refractivity contribution in [2.24, 2.45) is 5.84 Å². The summed E-state index contributed by atoms with van der Waals surface area (Å²) in [5.74, 6) is 8.16. The standard InChI is InChI=1S/C14H17IN4O/c1-3-6-12-17-13(19-16)9(2)14(18-12)20-11-8-5-4-7-10(11)15/h4-5,7-8H,3,6,16H2,1-2H3,(H,17,18,19). The van der Waals surface area contributed by atoms with Crippen LogP contribution in [0.3, 0.4) is 0 Å². The Morgan fingerprint density at radius 1 is 1.30 bits per heavy atom. The van der Waals surface area contributed by atoms with E-state index in [9.17, 15) is 0 Å². The largest absolute Gasteiger partial charge is 0.437 e. The highest BCUT2D eigenvalue weighted by Gasteiger charge is 2.13. The molecule has 0 saturated carbocycles. The van der Waals surface area contributed by atoms with E-state index in [1.807, 2.05) is 31.2 Å². The van der Waals surface area contributed by atoms with Gasteiger partial charge < -0.3 is 10.2 Å². The van der Waals surface area contributed by atoms with Gasteiger partial charge >= 0.3 is 0 Å². The van der Waals surface area contributed by atoms with Gasteiger partial charge in [-0.25, -0.2) is 10.8 Å². The number of hydrogen-bond donors (Lipinski definition) is 2. The Morgan fingerprint density at radius 2 is 2.05 bits per heavy atom. The van der Waals surface area contributed by atoms with Gasteiger partial charge in [0.25, 0.3) is 0 Å². The quantitative estimate of drug-likeness (QED) is 0.470. The number of rotatable bonds is 5. The van der Waals surface area contributed by atoms with Crippen molar-refractivity contribution in [1.29, 1.82) is 0 Å². The molecule has 20 heavy (non-hydrogen) atoms. The van der Waals surface area contributed by atoms with E-state index in [0.29, 0.717) is 11.7 Å². The van der Waals surface area contributed by atoms with Crippen LogP contribution >= 0.6 is 22.6 Å². The SMILES string of the molecule is CCCc1nc(NN)c(C)c(Oc2ccccc2I)n1. The topological polar surface area (TPSA) is 73.1 Å². The summed E-state index contributed by atoms with van der Waals surface area (Å²) in [6.45, 7) is 3.97. The molecule has 6 heteroatoms. The number of nitrogens with zero attached hydrogens (tertiary/aromatic N) is 2. The summed E-state index contributed by atoms with van der Waals surface area (Å²) in [5.41, 5.74) is 3.40. The molecule has 1 aromatic carbocycles. The average Bonchev–Trinajstić information content (AvgIpc) is 2.45. The summed E-state index contributed by atoms with van der Waals surface area (Å²) >= 11 is 2.23. The van der Waals surface area contributed by atoms with Crippen LogP contribution in [0.2, 0.25) is 0 Å².